The number of hydrogen-bond donors (Lipinski definition) is 0. The molecule has 0 aliphatic carbocycles. The summed E-state index contributed by atoms with van der Waals surface area (Å²) in [6, 6.07) is 8.26. The van der Waals surface area contributed by atoms with Crippen molar-refractivity contribution in [2.45, 2.75) is 46.0 Å². The Hall–Kier alpha value is -1.31. The predicted molar refractivity (Wildman–Crippen MR) is 70.6 cm³/mol. The Labute approximate surface area is 104 Å². The van der Waals surface area contributed by atoms with Crippen LogP contribution in [-0.2, 0) is 4.79 Å². The van der Waals surface area contributed by atoms with E-state index in [0.717, 1.165) is 18.6 Å². The summed E-state index contributed by atoms with van der Waals surface area (Å²) in [5, 5.41) is 0. The molecule has 94 valence electrons. The Bertz CT molecular complexity index is 340. The zero-order valence-electron chi connectivity index (χ0n) is 11.0. The van der Waals surface area contributed by atoms with Crippen LogP contribution in [0.3, 0.4) is 0 Å². The van der Waals surface area contributed by atoms with Crippen molar-refractivity contribution in [1.82, 2.24) is 0 Å². The number of ether oxygens (including phenoxy) is 1. The van der Waals surface area contributed by atoms with Crippen molar-refractivity contribution >= 4 is 5.78 Å². The molecule has 1 rings (SSSR count). The van der Waals surface area contributed by atoms with Crippen LogP contribution >= 0.6 is 0 Å². The van der Waals surface area contributed by atoms with Crippen molar-refractivity contribution < 1.29 is 9.53 Å². The van der Waals surface area contributed by atoms with Gasteiger partial charge in [0.2, 0.25) is 0 Å². The summed E-state index contributed by atoms with van der Waals surface area (Å²) in [7, 11) is 0. The van der Waals surface area contributed by atoms with Crippen molar-refractivity contribution in [2.24, 2.45) is 0 Å². The monoisotopic (exact) mass is 234 g/mol. The van der Waals surface area contributed by atoms with Gasteiger partial charge in [-0.05, 0) is 43.4 Å². The summed E-state index contributed by atoms with van der Waals surface area (Å²) < 4.78 is 5.57. The summed E-state index contributed by atoms with van der Waals surface area (Å²) in [6.07, 6.45) is 2.55. The largest absolute Gasteiger partial charge is 0.494 e. The third kappa shape index (κ3) is 5.03. The molecule has 0 N–H and O–H groups in total. The second-order valence-corrected chi connectivity index (χ2v) is 4.53. The Morgan fingerprint density at radius 3 is 2.47 bits per heavy atom. The van der Waals surface area contributed by atoms with Gasteiger partial charge in [0.25, 0.3) is 0 Å². The highest BCUT2D eigenvalue weighted by Crippen LogP contribution is 2.21. The summed E-state index contributed by atoms with van der Waals surface area (Å²) in [5.41, 5.74) is 1.35. The van der Waals surface area contributed by atoms with E-state index >= 15 is 0 Å². The molecule has 0 aliphatic heterocycles. The first-order valence-corrected chi connectivity index (χ1v) is 6.35. The van der Waals surface area contributed by atoms with E-state index in [1.807, 2.05) is 12.1 Å². The van der Waals surface area contributed by atoms with E-state index in [4.69, 9.17) is 4.74 Å². The van der Waals surface area contributed by atoms with Crippen LogP contribution in [0.5, 0.6) is 5.75 Å². The molecule has 2 nitrogen and oxygen atoms in total. The van der Waals surface area contributed by atoms with Gasteiger partial charge in [-0.15, -0.1) is 0 Å². The van der Waals surface area contributed by atoms with Gasteiger partial charge in [-0.3, -0.25) is 0 Å². The van der Waals surface area contributed by atoms with E-state index in [0.29, 0.717) is 18.9 Å². The molecule has 0 aromatic heterocycles. The summed E-state index contributed by atoms with van der Waals surface area (Å²) >= 11 is 0. The van der Waals surface area contributed by atoms with E-state index < -0.39 is 0 Å². The fourth-order valence-electron chi connectivity index (χ4n) is 1.64. The maximum atomic E-state index is 10.8. The standard InChI is InChI=1S/C15H22O2/c1-4-12(2)14-7-9-15(10-8-14)17-11-5-6-13(3)16/h7-10,12H,4-6,11H2,1-3H3. The molecular weight excluding hydrogens is 212 g/mol. The number of carbonyl (C=O) groups excluding carboxylic acids is 1. The topological polar surface area (TPSA) is 26.3 Å². The van der Waals surface area contributed by atoms with Gasteiger partial charge in [0.1, 0.15) is 11.5 Å². The predicted octanol–water partition coefficient (Wildman–Crippen LogP) is 3.95. The summed E-state index contributed by atoms with van der Waals surface area (Å²) in [4.78, 5) is 10.8. The Kier molecular flexibility index (Phi) is 5.75. The molecule has 1 aromatic rings. The second kappa shape index (κ2) is 7.10. The highest BCUT2D eigenvalue weighted by Gasteiger charge is 2.02. The van der Waals surface area contributed by atoms with Crippen LogP contribution in [0.25, 0.3) is 0 Å². The van der Waals surface area contributed by atoms with Gasteiger partial charge in [-0.25, -0.2) is 0 Å². The molecule has 0 bridgehead atoms. The normalized spacial score (nSPS) is 12.2. The van der Waals surface area contributed by atoms with Crippen LogP contribution in [0.15, 0.2) is 24.3 Å². The molecule has 1 aromatic carbocycles. The number of rotatable bonds is 7. The Morgan fingerprint density at radius 2 is 1.94 bits per heavy atom. The van der Waals surface area contributed by atoms with Gasteiger partial charge in [-0.1, -0.05) is 26.0 Å². The van der Waals surface area contributed by atoms with Gasteiger partial charge < -0.3 is 9.53 Å². The van der Waals surface area contributed by atoms with Gasteiger partial charge >= 0.3 is 0 Å². The smallest absolute Gasteiger partial charge is 0.129 e. The molecule has 2 heteroatoms. The van der Waals surface area contributed by atoms with E-state index in [-0.39, 0.29) is 5.78 Å². The lowest BCUT2D eigenvalue weighted by Gasteiger charge is -2.10. The Balaban J connectivity index is 2.38. The maximum Gasteiger partial charge on any atom is 0.129 e. The van der Waals surface area contributed by atoms with Gasteiger partial charge in [0.15, 0.2) is 0 Å². The van der Waals surface area contributed by atoms with Crippen LogP contribution < -0.4 is 4.74 Å². The van der Waals surface area contributed by atoms with Crippen molar-refractivity contribution in [3.8, 4) is 5.75 Å². The minimum absolute atomic E-state index is 0.223. The second-order valence-electron chi connectivity index (χ2n) is 4.53. The maximum absolute atomic E-state index is 10.8. The molecule has 0 spiro atoms. The molecule has 1 atom stereocenters. The molecule has 0 aliphatic rings. The van der Waals surface area contributed by atoms with E-state index in [1.165, 1.54) is 5.56 Å². The Morgan fingerprint density at radius 1 is 1.29 bits per heavy atom. The van der Waals surface area contributed by atoms with Crippen LogP contribution in [0.1, 0.15) is 51.5 Å². The van der Waals surface area contributed by atoms with Gasteiger partial charge in [0, 0.05) is 6.42 Å². The van der Waals surface area contributed by atoms with Crippen molar-refractivity contribution in [2.75, 3.05) is 6.61 Å². The summed E-state index contributed by atoms with van der Waals surface area (Å²) in [6.45, 7) is 6.64. The molecule has 1 unspecified atom stereocenters. The van der Waals surface area contributed by atoms with Crippen LogP contribution in [-0.4, -0.2) is 12.4 Å². The quantitative estimate of drug-likeness (QED) is 0.668. The van der Waals surface area contributed by atoms with Crippen LogP contribution in [0.4, 0.5) is 0 Å². The van der Waals surface area contributed by atoms with Gasteiger partial charge in [-0.2, -0.15) is 0 Å². The van der Waals surface area contributed by atoms with E-state index in [1.54, 1.807) is 6.92 Å². The van der Waals surface area contributed by atoms with E-state index in [9.17, 15) is 4.79 Å². The average Bonchev–Trinajstić information content (AvgIpc) is 2.34. The minimum atomic E-state index is 0.223. The zero-order valence-corrected chi connectivity index (χ0v) is 11.0. The highest BCUT2D eigenvalue weighted by molar-refractivity contribution is 5.75. The lowest BCUT2D eigenvalue weighted by molar-refractivity contribution is -0.117. The molecule has 17 heavy (non-hydrogen) atoms. The van der Waals surface area contributed by atoms with Crippen molar-refractivity contribution in [3.63, 3.8) is 0 Å². The molecule has 0 radical (unpaired) electrons. The fourth-order valence-corrected chi connectivity index (χ4v) is 1.64. The van der Waals surface area contributed by atoms with E-state index in [2.05, 4.69) is 26.0 Å². The van der Waals surface area contributed by atoms with Crippen LogP contribution in [0.2, 0.25) is 0 Å². The van der Waals surface area contributed by atoms with Gasteiger partial charge in [0.05, 0.1) is 6.61 Å². The van der Waals surface area contributed by atoms with Crippen molar-refractivity contribution in [3.05, 3.63) is 29.8 Å². The minimum Gasteiger partial charge on any atom is -0.494 e. The number of hydrogen-bond acceptors (Lipinski definition) is 2. The molecule has 0 fully saturated rings. The molecule has 0 amide bonds. The highest BCUT2D eigenvalue weighted by atomic mass is 16.5. The molecular formula is C15H22O2. The van der Waals surface area contributed by atoms with Crippen LogP contribution in [0, 0.1) is 0 Å². The fraction of sp³-hybridized carbons (Fsp3) is 0.533. The third-order valence-corrected chi connectivity index (χ3v) is 3.00. The third-order valence-electron chi connectivity index (χ3n) is 3.00. The molecule has 0 saturated carbocycles. The average molecular weight is 234 g/mol. The number of Topliss-reactive ketones (excluding diaryl/α,β-unsaturated/α-hetero) is 1. The molecule has 0 heterocycles. The lowest BCUT2D eigenvalue weighted by atomic mass is 9.99. The summed E-state index contributed by atoms with van der Waals surface area (Å²) in [5.74, 6) is 1.71. The SMILES string of the molecule is CCC(C)c1ccc(OCCCC(C)=O)cc1. The first-order chi connectivity index (χ1) is 8.13. The zero-order chi connectivity index (χ0) is 12.7. The first-order valence-electron chi connectivity index (χ1n) is 6.35. The number of ketones is 1. The first kappa shape index (κ1) is 13.8. The molecule has 0 saturated heterocycles. The van der Waals surface area contributed by atoms with Crippen molar-refractivity contribution in [1.29, 1.82) is 0 Å². The number of carbonyl (C=O) groups is 1. The lowest BCUT2D eigenvalue weighted by Crippen LogP contribution is -2.00. The number of benzene rings is 1.